The smallest absolute Gasteiger partial charge is 0.229 e. The van der Waals surface area contributed by atoms with E-state index in [2.05, 4.69) is 0 Å². The van der Waals surface area contributed by atoms with Crippen molar-refractivity contribution >= 4 is 9.84 Å². The molecule has 29 heavy (non-hydrogen) atoms. The summed E-state index contributed by atoms with van der Waals surface area (Å²) in [6, 6.07) is 13.6. The fourth-order valence-corrected chi connectivity index (χ4v) is 3.71. The molecule has 5 atom stereocenters. The molecule has 1 heterocycles. The van der Waals surface area contributed by atoms with E-state index in [1.165, 1.54) is 0 Å². The summed E-state index contributed by atoms with van der Waals surface area (Å²) in [5, 5.41) is 38.9. The molecule has 158 valence electrons. The molecule has 1 fully saturated rings. The lowest BCUT2D eigenvalue weighted by atomic mass is 9.99. The Morgan fingerprint density at radius 1 is 0.897 bits per heavy atom. The zero-order chi connectivity index (χ0) is 21.2. The number of sulfone groups is 1. The van der Waals surface area contributed by atoms with Crippen LogP contribution < -0.4 is 4.74 Å². The maximum absolute atomic E-state index is 11.5. The SMILES string of the molecule is CS(=O)(=O)c1ccc(Cc2ccc(O[C@H]3O[C@H](CO)[C@@H](O)[C@H](O)[C@H]3O)cc2)cc1. The Kier molecular flexibility index (Phi) is 6.57. The molecule has 3 rings (SSSR count). The quantitative estimate of drug-likeness (QED) is 0.504. The van der Waals surface area contributed by atoms with E-state index in [4.69, 9.17) is 9.47 Å². The molecule has 0 saturated carbocycles. The van der Waals surface area contributed by atoms with Crippen LogP contribution in [0.1, 0.15) is 11.1 Å². The topological polar surface area (TPSA) is 134 Å². The number of rotatable bonds is 6. The zero-order valence-corrected chi connectivity index (χ0v) is 16.6. The van der Waals surface area contributed by atoms with Crippen LogP contribution in [0.2, 0.25) is 0 Å². The Labute approximate surface area is 168 Å². The molecule has 9 heteroatoms. The summed E-state index contributed by atoms with van der Waals surface area (Å²) in [6.07, 6.45) is -4.93. The molecule has 4 N–H and O–H groups in total. The van der Waals surface area contributed by atoms with E-state index < -0.39 is 47.2 Å². The molecule has 1 aliphatic heterocycles. The maximum Gasteiger partial charge on any atom is 0.229 e. The van der Waals surface area contributed by atoms with Gasteiger partial charge in [-0.15, -0.1) is 0 Å². The van der Waals surface area contributed by atoms with Crippen LogP contribution in [0.5, 0.6) is 5.75 Å². The minimum absolute atomic E-state index is 0.268. The first-order chi connectivity index (χ1) is 13.7. The lowest BCUT2D eigenvalue weighted by Gasteiger charge is -2.39. The first-order valence-electron chi connectivity index (χ1n) is 9.04. The molecule has 2 aromatic carbocycles. The van der Waals surface area contributed by atoms with Gasteiger partial charge in [0.15, 0.2) is 9.84 Å². The van der Waals surface area contributed by atoms with Gasteiger partial charge >= 0.3 is 0 Å². The predicted octanol–water partition coefficient (Wildman–Crippen LogP) is -0.140. The minimum atomic E-state index is -3.23. The first kappa shape index (κ1) is 21.7. The van der Waals surface area contributed by atoms with Crippen molar-refractivity contribution in [1.82, 2.24) is 0 Å². The number of hydrogen-bond acceptors (Lipinski definition) is 8. The monoisotopic (exact) mass is 424 g/mol. The van der Waals surface area contributed by atoms with E-state index in [1.54, 1.807) is 36.4 Å². The van der Waals surface area contributed by atoms with Crippen LogP contribution in [0, 0.1) is 0 Å². The Morgan fingerprint density at radius 3 is 1.97 bits per heavy atom. The van der Waals surface area contributed by atoms with Crippen molar-refractivity contribution in [3.8, 4) is 5.75 Å². The van der Waals surface area contributed by atoms with Crippen molar-refractivity contribution in [3.05, 3.63) is 59.7 Å². The molecule has 0 aliphatic carbocycles. The molecule has 0 aromatic heterocycles. The van der Waals surface area contributed by atoms with E-state index in [1.807, 2.05) is 12.1 Å². The maximum atomic E-state index is 11.5. The molecular weight excluding hydrogens is 400 g/mol. The molecule has 0 spiro atoms. The molecule has 0 amide bonds. The highest BCUT2D eigenvalue weighted by molar-refractivity contribution is 7.90. The lowest BCUT2D eigenvalue weighted by Crippen LogP contribution is -2.60. The lowest BCUT2D eigenvalue weighted by molar-refractivity contribution is -0.277. The van der Waals surface area contributed by atoms with Crippen molar-refractivity contribution in [2.45, 2.75) is 42.0 Å². The zero-order valence-electron chi connectivity index (χ0n) is 15.7. The Bertz CT molecular complexity index is 909. The summed E-state index contributed by atoms with van der Waals surface area (Å²) in [5.41, 5.74) is 1.90. The van der Waals surface area contributed by atoms with Gasteiger partial charge in [-0.05, 0) is 41.8 Å². The van der Waals surface area contributed by atoms with E-state index in [0.717, 1.165) is 17.4 Å². The molecule has 0 bridgehead atoms. The van der Waals surface area contributed by atoms with Crippen LogP contribution in [-0.4, -0.2) is 72.4 Å². The molecule has 2 aromatic rings. The van der Waals surface area contributed by atoms with Gasteiger partial charge in [-0.1, -0.05) is 24.3 Å². The summed E-state index contributed by atoms with van der Waals surface area (Å²) in [7, 11) is -3.23. The van der Waals surface area contributed by atoms with Crippen LogP contribution >= 0.6 is 0 Å². The third-order valence-electron chi connectivity index (χ3n) is 4.78. The molecular formula is C20H24O8S. The van der Waals surface area contributed by atoms with Gasteiger partial charge in [0.2, 0.25) is 6.29 Å². The van der Waals surface area contributed by atoms with E-state index >= 15 is 0 Å². The molecule has 0 radical (unpaired) electrons. The number of aliphatic hydroxyl groups is 4. The van der Waals surface area contributed by atoms with Gasteiger partial charge in [-0.25, -0.2) is 8.42 Å². The fraction of sp³-hybridized carbons (Fsp3) is 0.400. The predicted molar refractivity (Wildman–Crippen MR) is 103 cm³/mol. The van der Waals surface area contributed by atoms with Gasteiger partial charge in [0.25, 0.3) is 0 Å². The number of hydrogen-bond donors (Lipinski definition) is 4. The minimum Gasteiger partial charge on any atom is -0.462 e. The van der Waals surface area contributed by atoms with Gasteiger partial charge in [-0.3, -0.25) is 0 Å². The van der Waals surface area contributed by atoms with Crippen LogP contribution in [0.25, 0.3) is 0 Å². The van der Waals surface area contributed by atoms with E-state index in [-0.39, 0.29) is 4.90 Å². The van der Waals surface area contributed by atoms with Gasteiger partial charge in [0.1, 0.15) is 30.2 Å². The second kappa shape index (κ2) is 8.78. The average Bonchev–Trinajstić information content (AvgIpc) is 2.69. The fourth-order valence-electron chi connectivity index (χ4n) is 3.07. The Morgan fingerprint density at radius 2 is 1.45 bits per heavy atom. The third-order valence-corrected chi connectivity index (χ3v) is 5.91. The first-order valence-corrected chi connectivity index (χ1v) is 10.9. The average molecular weight is 424 g/mol. The van der Waals surface area contributed by atoms with Crippen molar-refractivity contribution in [2.24, 2.45) is 0 Å². The second-order valence-corrected chi connectivity index (χ2v) is 9.07. The van der Waals surface area contributed by atoms with Crippen LogP contribution in [0.15, 0.2) is 53.4 Å². The van der Waals surface area contributed by atoms with Crippen molar-refractivity contribution in [1.29, 1.82) is 0 Å². The summed E-state index contributed by atoms with van der Waals surface area (Å²) >= 11 is 0. The summed E-state index contributed by atoms with van der Waals surface area (Å²) < 4.78 is 33.9. The molecule has 1 aliphatic rings. The highest BCUT2D eigenvalue weighted by Crippen LogP contribution is 2.25. The summed E-state index contributed by atoms with van der Waals surface area (Å²) in [4.78, 5) is 0.268. The third kappa shape index (κ3) is 5.13. The highest BCUT2D eigenvalue weighted by atomic mass is 32.2. The number of aliphatic hydroxyl groups excluding tert-OH is 4. The van der Waals surface area contributed by atoms with E-state index in [0.29, 0.717) is 12.2 Å². The standard InChI is InChI=1S/C20H24O8S/c1-29(25,26)15-8-4-13(5-9-15)10-12-2-6-14(7-3-12)27-20-19(24)18(23)17(22)16(11-21)28-20/h2-9,16-24H,10-11H2,1H3/t16-,17-,18+,19-,20+/m1/s1. The highest BCUT2D eigenvalue weighted by Gasteiger charge is 2.44. The normalized spacial score (nSPS) is 27.6. The van der Waals surface area contributed by atoms with Crippen molar-refractivity contribution < 1.29 is 38.3 Å². The largest absolute Gasteiger partial charge is 0.462 e. The Hall–Kier alpha value is -2.01. The van der Waals surface area contributed by atoms with Gasteiger partial charge in [-0.2, -0.15) is 0 Å². The number of ether oxygens (including phenoxy) is 2. The number of benzene rings is 2. The molecule has 8 nitrogen and oxygen atoms in total. The second-order valence-electron chi connectivity index (χ2n) is 7.05. The molecule has 1 saturated heterocycles. The molecule has 0 unspecified atom stereocenters. The van der Waals surface area contributed by atoms with Crippen LogP contribution in [0.4, 0.5) is 0 Å². The van der Waals surface area contributed by atoms with E-state index in [9.17, 15) is 28.8 Å². The van der Waals surface area contributed by atoms with Crippen molar-refractivity contribution in [3.63, 3.8) is 0 Å². The van der Waals surface area contributed by atoms with Gasteiger partial charge in [0, 0.05) is 6.26 Å². The summed E-state index contributed by atoms with van der Waals surface area (Å²) in [6.45, 7) is -0.526. The van der Waals surface area contributed by atoms with Crippen molar-refractivity contribution in [2.75, 3.05) is 12.9 Å². The Balaban J connectivity index is 1.64. The van der Waals surface area contributed by atoms with Gasteiger partial charge < -0.3 is 29.9 Å². The summed E-state index contributed by atoms with van der Waals surface area (Å²) in [5.74, 6) is 0.380. The van der Waals surface area contributed by atoms with Crippen LogP contribution in [-0.2, 0) is 21.0 Å². The van der Waals surface area contributed by atoms with Crippen LogP contribution in [0.3, 0.4) is 0 Å². The van der Waals surface area contributed by atoms with Gasteiger partial charge in [0.05, 0.1) is 11.5 Å².